The highest BCUT2D eigenvalue weighted by Gasteiger charge is 2.15. The van der Waals surface area contributed by atoms with Gasteiger partial charge >= 0.3 is 0 Å². The molecule has 7 heteroatoms. The van der Waals surface area contributed by atoms with Crippen molar-refractivity contribution in [2.24, 2.45) is 0 Å². The van der Waals surface area contributed by atoms with Gasteiger partial charge in [0.05, 0.1) is 24.7 Å². The minimum atomic E-state index is -0.453. The van der Waals surface area contributed by atoms with Crippen molar-refractivity contribution in [3.63, 3.8) is 0 Å². The van der Waals surface area contributed by atoms with E-state index < -0.39 is 4.92 Å². The fourth-order valence-electron chi connectivity index (χ4n) is 2.34. The van der Waals surface area contributed by atoms with E-state index in [1.807, 2.05) is 19.1 Å². The highest BCUT2D eigenvalue weighted by Crippen LogP contribution is 2.27. The summed E-state index contributed by atoms with van der Waals surface area (Å²) < 4.78 is 5.77. The molecule has 0 aliphatic heterocycles. The maximum absolute atomic E-state index is 11.2. The van der Waals surface area contributed by atoms with Crippen LogP contribution in [0.2, 0.25) is 0 Å². The molecule has 0 aliphatic carbocycles. The molecule has 0 fully saturated rings. The Bertz CT molecular complexity index is 734. The van der Waals surface area contributed by atoms with Crippen molar-refractivity contribution >= 4 is 11.4 Å². The van der Waals surface area contributed by atoms with E-state index in [1.165, 1.54) is 12.1 Å². The van der Waals surface area contributed by atoms with Crippen LogP contribution in [0.25, 0.3) is 0 Å². The molecule has 7 nitrogen and oxygen atoms in total. The van der Waals surface area contributed by atoms with Gasteiger partial charge in [-0.15, -0.1) is 0 Å². The molecule has 134 valence electrons. The number of nitrogens with one attached hydrogen (secondary N) is 1. The largest absolute Gasteiger partial charge is 0.492 e. The molecule has 0 unspecified atom stereocenters. The van der Waals surface area contributed by atoms with Gasteiger partial charge in [-0.2, -0.15) is 0 Å². The Labute approximate surface area is 146 Å². The number of nitro benzene ring substituents is 1. The number of rotatable bonds is 9. The monoisotopic (exact) mass is 345 g/mol. The first-order valence-electron chi connectivity index (χ1n) is 8.26. The van der Waals surface area contributed by atoms with Gasteiger partial charge in [0.2, 0.25) is 0 Å². The Balaban J connectivity index is 2.20. The van der Waals surface area contributed by atoms with E-state index in [0.29, 0.717) is 35.8 Å². The summed E-state index contributed by atoms with van der Waals surface area (Å²) in [7, 11) is 0. The lowest BCUT2D eigenvalue weighted by atomic mass is 10.1. The van der Waals surface area contributed by atoms with Crippen molar-refractivity contribution < 1.29 is 14.8 Å². The number of ether oxygens (including phenoxy) is 1. The third-order valence-electron chi connectivity index (χ3n) is 3.71. The molecule has 1 heterocycles. The fourth-order valence-corrected chi connectivity index (χ4v) is 2.34. The average Bonchev–Trinajstić information content (AvgIpc) is 2.61. The van der Waals surface area contributed by atoms with Crippen molar-refractivity contribution in [3.05, 3.63) is 57.4 Å². The van der Waals surface area contributed by atoms with E-state index in [4.69, 9.17) is 4.74 Å². The first-order valence-corrected chi connectivity index (χ1v) is 8.26. The molecule has 0 spiro atoms. The molecule has 2 N–H and O–H groups in total. The number of pyridine rings is 1. The zero-order chi connectivity index (χ0) is 18.2. The smallest absolute Gasteiger partial charge is 0.292 e. The van der Waals surface area contributed by atoms with Crippen LogP contribution in [0.4, 0.5) is 11.4 Å². The van der Waals surface area contributed by atoms with Crippen LogP contribution in [0.5, 0.6) is 5.75 Å². The molecule has 1 aromatic heterocycles. The number of anilines is 1. The van der Waals surface area contributed by atoms with Gasteiger partial charge in [-0.1, -0.05) is 13.3 Å². The maximum Gasteiger partial charge on any atom is 0.292 e. The Morgan fingerprint density at radius 3 is 2.80 bits per heavy atom. The second kappa shape index (κ2) is 8.98. The highest BCUT2D eigenvalue weighted by molar-refractivity contribution is 5.63. The zero-order valence-corrected chi connectivity index (χ0v) is 14.5. The lowest BCUT2D eigenvalue weighted by Gasteiger charge is -2.13. The quantitative estimate of drug-likeness (QED) is 0.409. The van der Waals surface area contributed by atoms with Crippen LogP contribution >= 0.6 is 0 Å². The highest BCUT2D eigenvalue weighted by atomic mass is 16.6. The van der Waals surface area contributed by atoms with Crippen molar-refractivity contribution in [2.75, 3.05) is 11.9 Å². The molecule has 0 atom stereocenters. The number of aromatic nitrogens is 1. The number of aliphatic hydroxyl groups excluding tert-OH is 1. The molecule has 0 aliphatic rings. The van der Waals surface area contributed by atoms with Gasteiger partial charge in [-0.25, -0.2) is 0 Å². The van der Waals surface area contributed by atoms with Crippen LogP contribution in [0.1, 0.15) is 36.7 Å². The Morgan fingerprint density at radius 1 is 1.32 bits per heavy atom. The first-order chi connectivity index (χ1) is 12.0. The topological polar surface area (TPSA) is 97.5 Å². The lowest BCUT2D eigenvalue weighted by molar-refractivity contribution is -0.384. The van der Waals surface area contributed by atoms with E-state index in [2.05, 4.69) is 17.2 Å². The third-order valence-corrected chi connectivity index (χ3v) is 3.71. The standard InChI is InChI=1S/C18H23N3O4/c1-3-4-9-25-18-8-5-13(2)20-16(18)11-19-15-10-14(12-22)6-7-17(15)21(23)24/h5-8,10,19,22H,3-4,9,11-12H2,1-2H3. The average molecular weight is 345 g/mol. The second-order valence-electron chi connectivity index (χ2n) is 5.72. The van der Waals surface area contributed by atoms with Crippen molar-refractivity contribution in [3.8, 4) is 5.75 Å². The van der Waals surface area contributed by atoms with Crippen LogP contribution in [0.15, 0.2) is 30.3 Å². The Hall–Kier alpha value is -2.67. The first kappa shape index (κ1) is 18.7. The van der Waals surface area contributed by atoms with E-state index in [-0.39, 0.29) is 12.3 Å². The summed E-state index contributed by atoms with van der Waals surface area (Å²) >= 11 is 0. The summed E-state index contributed by atoms with van der Waals surface area (Å²) in [6, 6.07) is 8.24. The summed E-state index contributed by atoms with van der Waals surface area (Å²) in [5.41, 5.74) is 2.44. The van der Waals surface area contributed by atoms with E-state index in [9.17, 15) is 15.2 Å². The fraction of sp³-hybridized carbons (Fsp3) is 0.389. The molecular weight excluding hydrogens is 322 g/mol. The minimum absolute atomic E-state index is 0.0432. The molecule has 0 saturated carbocycles. The van der Waals surface area contributed by atoms with Gasteiger partial charge in [-0.05, 0) is 43.2 Å². The van der Waals surface area contributed by atoms with E-state index in [0.717, 1.165) is 18.5 Å². The molecule has 2 aromatic rings. The predicted molar refractivity (Wildman–Crippen MR) is 95.7 cm³/mol. The lowest BCUT2D eigenvalue weighted by Crippen LogP contribution is -2.08. The summed E-state index contributed by atoms with van der Waals surface area (Å²) in [6.07, 6.45) is 1.98. The van der Waals surface area contributed by atoms with Crippen molar-refractivity contribution in [2.45, 2.75) is 39.8 Å². The molecule has 2 rings (SSSR count). The van der Waals surface area contributed by atoms with Crippen molar-refractivity contribution in [1.29, 1.82) is 0 Å². The van der Waals surface area contributed by atoms with E-state index >= 15 is 0 Å². The summed E-state index contributed by atoms with van der Waals surface area (Å²) in [6.45, 7) is 4.69. The predicted octanol–water partition coefficient (Wildman–Crippen LogP) is 3.58. The van der Waals surface area contributed by atoms with Crippen LogP contribution < -0.4 is 10.1 Å². The van der Waals surface area contributed by atoms with Crippen LogP contribution in [0, 0.1) is 17.0 Å². The minimum Gasteiger partial charge on any atom is -0.492 e. The molecule has 0 saturated heterocycles. The third kappa shape index (κ3) is 5.15. The van der Waals surface area contributed by atoms with Crippen LogP contribution in [-0.4, -0.2) is 21.6 Å². The molecule has 1 aromatic carbocycles. The maximum atomic E-state index is 11.2. The summed E-state index contributed by atoms with van der Waals surface area (Å²) in [5, 5.41) is 23.5. The van der Waals surface area contributed by atoms with Gasteiger partial charge < -0.3 is 15.2 Å². The zero-order valence-electron chi connectivity index (χ0n) is 14.5. The number of hydrogen-bond acceptors (Lipinski definition) is 6. The van der Waals surface area contributed by atoms with Crippen molar-refractivity contribution in [1.82, 2.24) is 4.98 Å². The number of aryl methyl sites for hydroxylation is 1. The Morgan fingerprint density at radius 2 is 2.12 bits per heavy atom. The number of hydrogen-bond donors (Lipinski definition) is 2. The number of aliphatic hydroxyl groups is 1. The molecular formula is C18H23N3O4. The van der Waals surface area contributed by atoms with Gasteiger partial charge in [0, 0.05) is 11.8 Å². The summed E-state index contributed by atoms with van der Waals surface area (Å²) in [5.74, 6) is 0.674. The number of benzene rings is 1. The Kier molecular flexibility index (Phi) is 6.71. The van der Waals surface area contributed by atoms with Gasteiger partial charge in [0.1, 0.15) is 17.1 Å². The second-order valence-corrected chi connectivity index (χ2v) is 5.72. The van der Waals surface area contributed by atoms with Crippen LogP contribution in [-0.2, 0) is 13.2 Å². The molecule has 25 heavy (non-hydrogen) atoms. The number of unbranched alkanes of at least 4 members (excludes halogenated alkanes) is 1. The SMILES string of the molecule is CCCCOc1ccc(C)nc1CNc1cc(CO)ccc1[N+](=O)[O-]. The normalized spacial score (nSPS) is 10.5. The molecule has 0 amide bonds. The van der Waals surface area contributed by atoms with E-state index in [1.54, 1.807) is 6.07 Å². The molecule has 0 radical (unpaired) electrons. The van der Waals surface area contributed by atoms with Crippen LogP contribution in [0.3, 0.4) is 0 Å². The molecule has 0 bridgehead atoms. The van der Waals surface area contributed by atoms with Gasteiger partial charge in [-0.3, -0.25) is 15.1 Å². The number of nitro groups is 1. The van der Waals surface area contributed by atoms with Gasteiger partial charge in [0.25, 0.3) is 5.69 Å². The number of nitrogens with zero attached hydrogens (tertiary/aromatic N) is 2. The summed E-state index contributed by atoms with van der Waals surface area (Å²) in [4.78, 5) is 15.2. The van der Waals surface area contributed by atoms with Gasteiger partial charge in [0.15, 0.2) is 0 Å².